The smallest absolute Gasteiger partial charge is 0.226 e. The van der Waals surface area contributed by atoms with Crippen LogP contribution in [0.1, 0.15) is 56.7 Å². The largest absolute Gasteiger partial charge is 0.339 e. The van der Waals surface area contributed by atoms with Crippen molar-refractivity contribution in [2.45, 2.75) is 51.4 Å². The molecule has 1 aromatic heterocycles. The van der Waals surface area contributed by atoms with E-state index >= 15 is 0 Å². The van der Waals surface area contributed by atoms with Crippen molar-refractivity contribution >= 4 is 0 Å². The summed E-state index contributed by atoms with van der Waals surface area (Å²) in [6.07, 6.45) is 6.98. The quantitative estimate of drug-likeness (QED) is 0.799. The van der Waals surface area contributed by atoms with Gasteiger partial charge in [-0.3, -0.25) is 0 Å². The van der Waals surface area contributed by atoms with Gasteiger partial charge in [-0.1, -0.05) is 24.9 Å². The third-order valence-electron chi connectivity index (χ3n) is 3.68. The molecular weight excluding hydrogens is 214 g/mol. The van der Waals surface area contributed by atoms with Crippen LogP contribution >= 0.6 is 0 Å². The number of nitrogens with zero attached hydrogens (tertiary/aromatic N) is 2. The molecule has 4 nitrogen and oxygen atoms in total. The molecule has 1 aliphatic carbocycles. The third kappa shape index (κ3) is 3.53. The Morgan fingerprint density at radius 1 is 1.29 bits per heavy atom. The second-order valence-corrected chi connectivity index (χ2v) is 5.21. The monoisotopic (exact) mass is 237 g/mol. The van der Waals surface area contributed by atoms with Gasteiger partial charge in [0, 0.05) is 12.3 Å². The van der Waals surface area contributed by atoms with Crippen LogP contribution < -0.4 is 5.32 Å². The molecule has 0 aromatic carbocycles. The van der Waals surface area contributed by atoms with Crippen molar-refractivity contribution in [3.05, 3.63) is 11.7 Å². The van der Waals surface area contributed by atoms with Gasteiger partial charge in [0.1, 0.15) is 0 Å². The number of aromatic nitrogens is 2. The zero-order valence-corrected chi connectivity index (χ0v) is 10.9. The van der Waals surface area contributed by atoms with Gasteiger partial charge in [-0.25, -0.2) is 0 Å². The van der Waals surface area contributed by atoms with Crippen LogP contribution in [0.2, 0.25) is 0 Å². The highest BCUT2D eigenvalue weighted by Gasteiger charge is 2.23. The van der Waals surface area contributed by atoms with E-state index in [1.165, 1.54) is 25.7 Å². The molecule has 1 saturated carbocycles. The summed E-state index contributed by atoms with van der Waals surface area (Å²) in [5.41, 5.74) is 0. The molecule has 1 aromatic rings. The molecule has 1 N–H and O–H groups in total. The van der Waals surface area contributed by atoms with Gasteiger partial charge < -0.3 is 9.84 Å². The van der Waals surface area contributed by atoms with E-state index in [0.29, 0.717) is 5.92 Å². The number of aryl methyl sites for hydroxylation is 1. The lowest BCUT2D eigenvalue weighted by Crippen LogP contribution is -2.12. The fraction of sp³-hybridized carbons (Fsp3) is 0.846. The third-order valence-corrected chi connectivity index (χ3v) is 3.68. The fourth-order valence-electron chi connectivity index (χ4n) is 2.47. The van der Waals surface area contributed by atoms with Gasteiger partial charge in [-0.15, -0.1) is 0 Å². The van der Waals surface area contributed by atoms with Crippen molar-refractivity contribution in [3.8, 4) is 0 Å². The van der Waals surface area contributed by atoms with Crippen LogP contribution in [0.3, 0.4) is 0 Å². The molecule has 0 atom stereocenters. The molecule has 0 saturated heterocycles. The van der Waals surface area contributed by atoms with Crippen LogP contribution in [0.15, 0.2) is 4.52 Å². The lowest BCUT2D eigenvalue weighted by Gasteiger charge is -2.23. The summed E-state index contributed by atoms with van der Waals surface area (Å²) < 4.78 is 5.30. The summed E-state index contributed by atoms with van der Waals surface area (Å²) in [6.45, 7) is 3.33. The normalized spacial score (nSPS) is 25.1. The molecule has 1 aliphatic rings. The molecule has 0 spiro atoms. The van der Waals surface area contributed by atoms with Gasteiger partial charge in [0.15, 0.2) is 5.82 Å². The standard InChI is InChI=1S/C13H23N3O/c1-10-5-7-11(8-6-10)13-15-12(17-16-13)4-3-9-14-2/h10-11,14H,3-9H2,1-2H3. The second kappa shape index (κ2) is 6.15. The zero-order chi connectivity index (χ0) is 12.1. The lowest BCUT2D eigenvalue weighted by molar-refractivity contribution is 0.323. The minimum atomic E-state index is 0.535. The predicted octanol–water partition coefficient (Wildman–Crippen LogP) is 2.52. The van der Waals surface area contributed by atoms with E-state index in [1.807, 2.05) is 7.05 Å². The first-order chi connectivity index (χ1) is 8.29. The van der Waals surface area contributed by atoms with Crippen LogP contribution in [0.5, 0.6) is 0 Å². The number of nitrogens with one attached hydrogen (secondary N) is 1. The molecule has 0 radical (unpaired) electrons. The van der Waals surface area contributed by atoms with E-state index in [9.17, 15) is 0 Å². The molecule has 0 unspecified atom stereocenters. The first kappa shape index (κ1) is 12.6. The summed E-state index contributed by atoms with van der Waals surface area (Å²) in [5.74, 6) is 3.14. The SMILES string of the molecule is CNCCCc1nc(C2CCC(C)CC2)no1. The second-order valence-electron chi connectivity index (χ2n) is 5.21. The molecule has 1 heterocycles. The van der Waals surface area contributed by atoms with Crippen molar-refractivity contribution < 1.29 is 4.52 Å². The highest BCUT2D eigenvalue weighted by molar-refractivity contribution is 4.97. The van der Waals surface area contributed by atoms with E-state index in [2.05, 4.69) is 22.4 Å². The van der Waals surface area contributed by atoms with Crippen molar-refractivity contribution in [1.29, 1.82) is 0 Å². The molecular formula is C13H23N3O. The molecule has 1 fully saturated rings. The first-order valence-corrected chi connectivity index (χ1v) is 6.76. The van der Waals surface area contributed by atoms with Crippen molar-refractivity contribution in [2.75, 3.05) is 13.6 Å². The van der Waals surface area contributed by atoms with Crippen LogP contribution in [-0.4, -0.2) is 23.7 Å². The number of hydrogen-bond acceptors (Lipinski definition) is 4. The molecule has 4 heteroatoms. The highest BCUT2D eigenvalue weighted by Crippen LogP contribution is 2.33. The van der Waals surface area contributed by atoms with Crippen LogP contribution in [-0.2, 0) is 6.42 Å². The maximum atomic E-state index is 5.30. The minimum Gasteiger partial charge on any atom is -0.339 e. The zero-order valence-electron chi connectivity index (χ0n) is 10.9. The van der Waals surface area contributed by atoms with E-state index in [0.717, 1.165) is 37.0 Å². The average Bonchev–Trinajstić information content (AvgIpc) is 2.79. The Hall–Kier alpha value is -0.900. The maximum Gasteiger partial charge on any atom is 0.226 e. The van der Waals surface area contributed by atoms with Crippen LogP contribution in [0, 0.1) is 5.92 Å². The molecule has 96 valence electrons. The molecule has 0 amide bonds. The van der Waals surface area contributed by atoms with Gasteiger partial charge in [-0.2, -0.15) is 4.98 Å². The first-order valence-electron chi connectivity index (χ1n) is 6.76. The van der Waals surface area contributed by atoms with E-state index in [-0.39, 0.29) is 0 Å². The maximum absolute atomic E-state index is 5.30. The fourth-order valence-corrected chi connectivity index (χ4v) is 2.47. The van der Waals surface area contributed by atoms with E-state index < -0.39 is 0 Å². The molecule has 0 bridgehead atoms. The summed E-state index contributed by atoms with van der Waals surface area (Å²) in [7, 11) is 1.96. The Morgan fingerprint density at radius 2 is 2.06 bits per heavy atom. The summed E-state index contributed by atoms with van der Waals surface area (Å²) >= 11 is 0. The minimum absolute atomic E-state index is 0.535. The van der Waals surface area contributed by atoms with Crippen molar-refractivity contribution in [1.82, 2.24) is 15.5 Å². The Bertz CT molecular complexity index is 329. The molecule has 0 aliphatic heterocycles. The number of hydrogen-bond donors (Lipinski definition) is 1. The molecule has 17 heavy (non-hydrogen) atoms. The summed E-state index contributed by atoms with van der Waals surface area (Å²) in [5, 5.41) is 7.26. The summed E-state index contributed by atoms with van der Waals surface area (Å²) in [6, 6.07) is 0. The van der Waals surface area contributed by atoms with Crippen LogP contribution in [0.25, 0.3) is 0 Å². The Morgan fingerprint density at radius 3 is 2.76 bits per heavy atom. The van der Waals surface area contributed by atoms with Gasteiger partial charge in [0.2, 0.25) is 5.89 Å². The summed E-state index contributed by atoms with van der Waals surface area (Å²) in [4.78, 5) is 4.53. The highest BCUT2D eigenvalue weighted by atomic mass is 16.5. The Labute approximate surface area is 103 Å². The predicted molar refractivity (Wildman–Crippen MR) is 66.9 cm³/mol. The van der Waals surface area contributed by atoms with Gasteiger partial charge in [0.05, 0.1) is 0 Å². The van der Waals surface area contributed by atoms with Gasteiger partial charge >= 0.3 is 0 Å². The van der Waals surface area contributed by atoms with E-state index in [1.54, 1.807) is 0 Å². The molecule has 2 rings (SSSR count). The van der Waals surface area contributed by atoms with Gasteiger partial charge in [0.25, 0.3) is 0 Å². The topological polar surface area (TPSA) is 51.0 Å². The van der Waals surface area contributed by atoms with E-state index in [4.69, 9.17) is 4.52 Å². The average molecular weight is 237 g/mol. The number of rotatable bonds is 5. The lowest BCUT2D eigenvalue weighted by atomic mass is 9.83. The van der Waals surface area contributed by atoms with Crippen molar-refractivity contribution in [2.24, 2.45) is 5.92 Å². The Kier molecular flexibility index (Phi) is 4.54. The Balaban J connectivity index is 1.85. The van der Waals surface area contributed by atoms with Crippen LogP contribution in [0.4, 0.5) is 0 Å². The van der Waals surface area contributed by atoms with Gasteiger partial charge in [-0.05, 0) is 38.8 Å². The van der Waals surface area contributed by atoms with Crippen molar-refractivity contribution in [3.63, 3.8) is 0 Å².